The Kier molecular flexibility index (Phi) is 5.22. The van der Waals surface area contributed by atoms with Crippen LogP contribution in [0.4, 0.5) is 0 Å². The van der Waals surface area contributed by atoms with Crippen LogP contribution in [0.2, 0.25) is 0 Å². The molecule has 124 valence electrons. The summed E-state index contributed by atoms with van der Waals surface area (Å²) in [4.78, 5) is 0. The zero-order valence-electron chi connectivity index (χ0n) is 13.5. The van der Waals surface area contributed by atoms with Crippen LogP contribution in [-0.2, 0) is 5.60 Å². The summed E-state index contributed by atoms with van der Waals surface area (Å²) in [5.74, 6) is 0. The molecule has 0 heterocycles. The number of aliphatic hydroxyl groups is 4. The molecule has 4 nitrogen and oxygen atoms in total. The van der Waals surface area contributed by atoms with Gasteiger partial charge in [-0.3, -0.25) is 0 Å². The molecule has 0 fully saturated rings. The van der Waals surface area contributed by atoms with Crippen molar-refractivity contribution >= 4 is 0 Å². The van der Waals surface area contributed by atoms with E-state index < -0.39 is 30.8 Å². The van der Waals surface area contributed by atoms with Crippen LogP contribution in [0, 0.1) is 19.3 Å². The largest absolute Gasteiger partial charge is 0.395 e. The molecule has 0 aliphatic carbocycles. The molecule has 0 atom stereocenters. The lowest BCUT2D eigenvalue weighted by Crippen LogP contribution is -2.54. The average Bonchev–Trinajstić information content (AvgIpc) is 2.56. The fourth-order valence-electron chi connectivity index (χ4n) is 3.01. The predicted octanol–water partition coefficient (Wildman–Crippen LogP) is 1.50. The van der Waals surface area contributed by atoms with Crippen LogP contribution in [0.15, 0.2) is 48.5 Å². The van der Waals surface area contributed by atoms with Gasteiger partial charge in [0.05, 0.1) is 25.2 Å². The minimum absolute atomic E-state index is 0.528. The Hall–Kier alpha value is -1.72. The van der Waals surface area contributed by atoms with Gasteiger partial charge in [0.25, 0.3) is 0 Å². The summed E-state index contributed by atoms with van der Waals surface area (Å²) in [6.45, 7) is 2.13. The van der Waals surface area contributed by atoms with Gasteiger partial charge in [0.1, 0.15) is 5.60 Å². The lowest BCUT2D eigenvalue weighted by Gasteiger charge is -2.45. The van der Waals surface area contributed by atoms with Crippen molar-refractivity contribution in [1.29, 1.82) is 0 Å². The van der Waals surface area contributed by atoms with Crippen LogP contribution in [0.1, 0.15) is 22.3 Å². The highest BCUT2D eigenvalue weighted by atomic mass is 16.3. The number of rotatable bonds is 6. The third-order valence-corrected chi connectivity index (χ3v) is 4.55. The first kappa shape index (κ1) is 17.6. The minimum atomic E-state index is -1.72. The van der Waals surface area contributed by atoms with Crippen LogP contribution in [0.25, 0.3) is 0 Å². The topological polar surface area (TPSA) is 80.9 Å². The van der Waals surface area contributed by atoms with E-state index in [0.717, 1.165) is 11.1 Å². The second kappa shape index (κ2) is 6.81. The Bertz CT molecular complexity index is 608. The quantitative estimate of drug-likeness (QED) is 0.651. The Balaban J connectivity index is 2.78. The molecule has 0 spiro atoms. The van der Waals surface area contributed by atoms with Gasteiger partial charge in [-0.15, -0.1) is 0 Å². The lowest BCUT2D eigenvalue weighted by atomic mass is 9.65. The number of aliphatic hydroxyl groups excluding tert-OH is 3. The molecule has 2 aromatic carbocycles. The van der Waals surface area contributed by atoms with E-state index in [1.54, 1.807) is 24.3 Å². The molecule has 0 aliphatic rings. The van der Waals surface area contributed by atoms with Crippen LogP contribution in [-0.4, -0.2) is 40.2 Å². The minimum Gasteiger partial charge on any atom is -0.395 e. The molecule has 0 bridgehead atoms. The lowest BCUT2D eigenvalue weighted by molar-refractivity contribution is -0.136. The van der Waals surface area contributed by atoms with E-state index in [1.807, 2.05) is 38.1 Å². The number of hydrogen-bond acceptors (Lipinski definition) is 4. The van der Waals surface area contributed by atoms with Gasteiger partial charge in [0, 0.05) is 0 Å². The van der Waals surface area contributed by atoms with E-state index in [4.69, 9.17) is 0 Å². The van der Waals surface area contributed by atoms with Crippen LogP contribution >= 0.6 is 0 Å². The van der Waals surface area contributed by atoms with Gasteiger partial charge < -0.3 is 20.4 Å². The molecular formula is C19H24O4. The molecule has 0 aliphatic heterocycles. The van der Waals surface area contributed by atoms with Crippen molar-refractivity contribution in [3.8, 4) is 0 Å². The van der Waals surface area contributed by atoms with Crippen molar-refractivity contribution in [1.82, 2.24) is 0 Å². The summed E-state index contributed by atoms with van der Waals surface area (Å²) < 4.78 is 0. The molecule has 0 saturated heterocycles. The first-order valence-electron chi connectivity index (χ1n) is 7.63. The first-order chi connectivity index (χ1) is 10.9. The smallest absolute Gasteiger partial charge is 0.127 e. The molecule has 2 aromatic rings. The van der Waals surface area contributed by atoms with E-state index in [-0.39, 0.29) is 0 Å². The van der Waals surface area contributed by atoms with Crippen molar-refractivity contribution < 1.29 is 20.4 Å². The molecule has 0 radical (unpaired) electrons. The molecule has 0 amide bonds. The van der Waals surface area contributed by atoms with Gasteiger partial charge in [-0.25, -0.2) is 0 Å². The Labute approximate surface area is 136 Å². The molecule has 0 aromatic heterocycles. The van der Waals surface area contributed by atoms with Gasteiger partial charge in [0.2, 0.25) is 0 Å². The fraction of sp³-hybridized carbons (Fsp3) is 0.368. The summed E-state index contributed by atoms with van der Waals surface area (Å²) >= 11 is 0. The van der Waals surface area contributed by atoms with Crippen molar-refractivity contribution in [2.45, 2.75) is 19.4 Å². The summed E-state index contributed by atoms with van der Waals surface area (Å²) in [5, 5.41) is 41.3. The van der Waals surface area contributed by atoms with E-state index in [9.17, 15) is 20.4 Å². The molecule has 0 unspecified atom stereocenters. The molecule has 23 heavy (non-hydrogen) atoms. The first-order valence-corrected chi connectivity index (χ1v) is 7.63. The summed E-state index contributed by atoms with van der Waals surface area (Å²) in [6.07, 6.45) is 0. The molecule has 4 heteroatoms. The second-order valence-corrected chi connectivity index (χ2v) is 6.20. The van der Waals surface area contributed by atoms with E-state index >= 15 is 0 Å². The highest BCUT2D eigenvalue weighted by molar-refractivity contribution is 5.42. The standard InChI is InChI=1S/C19H24O4/c1-14-5-3-7-16(9-14)19(23,18(11-20,12-21)13-22)17-8-4-6-15(2)10-17/h3-10,20-23H,11-13H2,1-2H3. The summed E-state index contributed by atoms with van der Waals surface area (Å²) in [6, 6.07) is 14.5. The van der Waals surface area contributed by atoms with Gasteiger partial charge in [0.15, 0.2) is 0 Å². The zero-order chi connectivity index (χ0) is 17.1. The van der Waals surface area contributed by atoms with Crippen molar-refractivity contribution in [2.75, 3.05) is 19.8 Å². The van der Waals surface area contributed by atoms with Gasteiger partial charge in [-0.05, 0) is 25.0 Å². The highest BCUT2D eigenvalue weighted by Crippen LogP contribution is 2.45. The number of aryl methyl sites for hydroxylation is 2. The average molecular weight is 316 g/mol. The molecule has 0 saturated carbocycles. The molecular weight excluding hydrogens is 292 g/mol. The Morgan fingerprint density at radius 3 is 1.43 bits per heavy atom. The molecule has 2 rings (SSSR count). The van der Waals surface area contributed by atoms with Crippen LogP contribution in [0.5, 0.6) is 0 Å². The maximum atomic E-state index is 11.6. The van der Waals surface area contributed by atoms with Crippen molar-refractivity contribution in [3.63, 3.8) is 0 Å². The number of benzene rings is 2. The van der Waals surface area contributed by atoms with Gasteiger partial charge in [-0.1, -0.05) is 59.7 Å². The SMILES string of the molecule is Cc1cccc(C(O)(c2cccc(C)c2)C(CO)(CO)CO)c1. The van der Waals surface area contributed by atoms with E-state index in [2.05, 4.69) is 0 Å². The Morgan fingerprint density at radius 1 is 0.739 bits per heavy atom. The monoisotopic (exact) mass is 316 g/mol. The van der Waals surface area contributed by atoms with Gasteiger partial charge >= 0.3 is 0 Å². The van der Waals surface area contributed by atoms with Crippen molar-refractivity contribution in [2.24, 2.45) is 5.41 Å². The summed E-state index contributed by atoms with van der Waals surface area (Å²) in [5.41, 5.74) is -0.286. The zero-order valence-corrected chi connectivity index (χ0v) is 13.5. The maximum absolute atomic E-state index is 11.6. The van der Waals surface area contributed by atoms with E-state index in [1.165, 1.54) is 0 Å². The highest BCUT2D eigenvalue weighted by Gasteiger charge is 2.52. The maximum Gasteiger partial charge on any atom is 0.127 e. The van der Waals surface area contributed by atoms with Gasteiger partial charge in [-0.2, -0.15) is 0 Å². The normalized spacial score (nSPS) is 12.4. The number of hydrogen-bond donors (Lipinski definition) is 4. The second-order valence-electron chi connectivity index (χ2n) is 6.20. The van der Waals surface area contributed by atoms with Crippen molar-refractivity contribution in [3.05, 3.63) is 70.8 Å². The third-order valence-electron chi connectivity index (χ3n) is 4.55. The van der Waals surface area contributed by atoms with Crippen LogP contribution in [0.3, 0.4) is 0 Å². The third kappa shape index (κ3) is 2.91. The van der Waals surface area contributed by atoms with E-state index in [0.29, 0.717) is 11.1 Å². The fourth-order valence-corrected chi connectivity index (χ4v) is 3.01. The molecule has 4 N–H and O–H groups in total. The summed E-state index contributed by atoms with van der Waals surface area (Å²) in [7, 11) is 0. The Morgan fingerprint density at radius 2 is 1.13 bits per heavy atom. The van der Waals surface area contributed by atoms with Crippen LogP contribution < -0.4 is 0 Å². The predicted molar refractivity (Wildman–Crippen MR) is 89.0 cm³/mol.